The van der Waals surface area contributed by atoms with Crippen LogP contribution in [0.4, 0.5) is 5.69 Å². The van der Waals surface area contributed by atoms with Gasteiger partial charge in [0.15, 0.2) is 5.69 Å². The molecule has 0 N–H and O–H groups in total. The van der Waals surface area contributed by atoms with E-state index < -0.39 is 4.92 Å². The van der Waals surface area contributed by atoms with Crippen LogP contribution in [0.1, 0.15) is 21.6 Å². The Morgan fingerprint density at radius 1 is 0.862 bits per heavy atom. The molecule has 1 heterocycles. The van der Waals surface area contributed by atoms with Gasteiger partial charge in [0.25, 0.3) is 5.69 Å². The van der Waals surface area contributed by atoms with Crippen molar-refractivity contribution in [1.82, 2.24) is 15.0 Å². The highest BCUT2D eigenvalue weighted by molar-refractivity contribution is 6.10. The van der Waals surface area contributed by atoms with Crippen LogP contribution in [-0.4, -0.2) is 25.7 Å². The van der Waals surface area contributed by atoms with Crippen molar-refractivity contribution < 1.29 is 9.72 Å². The van der Waals surface area contributed by atoms with Gasteiger partial charge in [-0.3, -0.25) is 14.9 Å². The maximum Gasteiger partial charge on any atom is 0.269 e. The lowest BCUT2D eigenvalue weighted by Crippen LogP contribution is -2.07. The predicted molar refractivity (Wildman–Crippen MR) is 108 cm³/mol. The SMILES string of the molecule is O=C(c1ccccc1)c1nn(Cc2ccccc2)nc1-c1ccc([N+](=O)[O-])cc1. The Bertz CT molecular complexity index is 1150. The number of nitro benzene ring substituents is 1. The van der Waals surface area contributed by atoms with Crippen LogP contribution in [0.3, 0.4) is 0 Å². The number of ketones is 1. The maximum absolute atomic E-state index is 13.1. The zero-order valence-corrected chi connectivity index (χ0v) is 15.3. The van der Waals surface area contributed by atoms with Gasteiger partial charge in [-0.1, -0.05) is 60.7 Å². The van der Waals surface area contributed by atoms with Crippen LogP contribution in [0, 0.1) is 10.1 Å². The Kier molecular flexibility index (Phi) is 4.94. The molecule has 4 aromatic rings. The third-order valence-electron chi connectivity index (χ3n) is 4.42. The summed E-state index contributed by atoms with van der Waals surface area (Å²) in [6, 6.07) is 24.5. The summed E-state index contributed by atoms with van der Waals surface area (Å²) in [7, 11) is 0. The van der Waals surface area contributed by atoms with Crippen LogP contribution in [0.15, 0.2) is 84.9 Å². The molecule has 0 radical (unpaired) electrons. The highest BCUT2D eigenvalue weighted by Gasteiger charge is 2.22. The van der Waals surface area contributed by atoms with Crippen LogP contribution in [-0.2, 0) is 6.54 Å². The Morgan fingerprint density at radius 2 is 1.48 bits per heavy atom. The molecule has 0 fully saturated rings. The Hall–Kier alpha value is -4.13. The molecule has 0 aliphatic rings. The van der Waals surface area contributed by atoms with Crippen LogP contribution < -0.4 is 0 Å². The van der Waals surface area contributed by atoms with Crippen LogP contribution in [0.2, 0.25) is 0 Å². The van der Waals surface area contributed by atoms with Gasteiger partial charge >= 0.3 is 0 Å². The maximum atomic E-state index is 13.1. The van der Waals surface area contributed by atoms with E-state index in [-0.39, 0.29) is 17.2 Å². The molecule has 0 saturated carbocycles. The van der Waals surface area contributed by atoms with Gasteiger partial charge in [-0.15, -0.1) is 5.10 Å². The van der Waals surface area contributed by atoms with E-state index in [0.717, 1.165) is 5.56 Å². The first-order chi connectivity index (χ1) is 14.1. The van der Waals surface area contributed by atoms with Crippen molar-refractivity contribution >= 4 is 11.5 Å². The smallest absolute Gasteiger partial charge is 0.269 e. The number of hydrogen-bond donors (Lipinski definition) is 0. The zero-order valence-electron chi connectivity index (χ0n) is 15.3. The molecule has 3 aromatic carbocycles. The average Bonchev–Trinajstić information content (AvgIpc) is 3.18. The van der Waals surface area contributed by atoms with E-state index in [1.807, 2.05) is 36.4 Å². The summed E-state index contributed by atoms with van der Waals surface area (Å²) < 4.78 is 0. The first-order valence-corrected chi connectivity index (χ1v) is 8.95. The Balaban J connectivity index is 1.77. The molecule has 0 amide bonds. The standard InChI is InChI=1S/C22H16N4O3/c27-22(18-9-5-2-6-10-18)21-20(17-11-13-19(14-12-17)26(28)29)23-25(24-21)15-16-7-3-1-4-8-16/h1-14H,15H2. The number of nitro groups is 1. The van der Waals surface area contributed by atoms with E-state index in [1.165, 1.54) is 16.9 Å². The summed E-state index contributed by atoms with van der Waals surface area (Å²) in [5.41, 5.74) is 2.67. The lowest BCUT2D eigenvalue weighted by molar-refractivity contribution is -0.384. The first-order valence-electron chi connectivity index (χ1n) is 8.95. The fraction of sp³-hybridized carbons (Fsp3) is 0.0455. The summed E-state index contributed by atoms with van der Waals surface area (Å²) in [5, 5.41) is 19.9. The van der Waals surface area contributed by atoms with Crippen LogP contribution in [0.5, 0.6) is 0 Å². The molecule has 0 bridgehead atoms. The Labute approximate surface area is 166 Å². The predicted octanol–water partition coefficient (Wildman–Crippen LogP) is 4.13. The van der Waals surface area contributed by atoms with E-state index in [1.54, 1.807) is 36.4 Å². The van der Waals surface area contributed by atoms with Crippen molar-refractivity contribution in [3.63, 3.8) is 0 Å². The third-order valence-corrected chi connectivity index (χ3v) is 4.42. The number of benzene rings is 3. The minimum absolute atomic E-state index is 0.0265. The van der Waals surface area contributed by atoms with E-state index >= 15 is 0 Å². The largest absolute Gasteiger partial charge is 0.287 e. The average molecular weight is 384 g/mol. The molecule has 0 aliphatic heterocycles. The third kappa shape index (κ3) is 3.93. The van der Waals surface area contributed by atoms with Gasteiger partial charge in [0, 0.05) is 23.3 Å². The van der Waals surface area contributed by atoms with Crippen molar-refractivity contribution in [2.45, 2.75) is 6.54 Å². The fourth-order valence-electron chi connectivity index (χ4n) is 2.98. The highest BCUT2D eigenvalue weighted by atomic mass is 16.6. The number of hydrogen-bond acceptors (Lipinski definition) is 5. The lowest BCUT2D eigenvalue weighted by atomic mass is 10.0. The highest BCUT2D eigenvalue weighted by Crippen LogP contribution is 2.25. The number of rotatable bonds is 6. The van der Waals surface area contributed by atoms with Gasteiger partial charge in [0.05, 0.1) is 11.5 Å². The van der Waals surface area contributed by atoms with Gasteiger partial charge in [-0.05, 0) is 17.7 Å². The molecule has 29 heavy (non-hydrogen) atoms. The van der Waals surface area contributed by atoms with E-state index in [9.17, 15) is 14.9 Å². The van der Waals surface area contributed by atoms with Crippen LogP contribution in [0.25, 0.3) is 11.3 Å². The quantitative estimate of drug-likeness (QED) is 0.283. The second-order valence-electron chi connectivity index (χ2n) is 6.41. The van der Waals surface area contributed by atoms with Crippen molar-refractivity contribution in [1.29, 1.82) is 0 Å². The minimum atomic E-state index is -0.466. The van der Waals surface area contributed by atoms with Gasteiger partial charge in [-0.25, -0.2) is 0 Å². The molecule has 0 unspecified atom stereocenters. The van der Waals surface area contributed by atoms with Crippen molar-refractivity contribution in [3.8, 4) is 11.3 Å². The summed E-state index contributed by atoms with van der Waals surface area (Å²) in [4.78, 5) is 25.0. The van der Waals surface area contributed by atoms with Crippen molar-refractivity contribution in [2.24, 2.45) is 0 Å². The molecule has 142 valence electrons. The molecule has 0 atom stereocenters. The van der Waals surface area contributed by atoms with Gasteiger partial charge in [0.1, 0.15) is 5.69 Å². The number of non-ortho nitro benzene ring substituents is 1. The summed E-state index contributed by atoms with van der Waals surface area (Å²) >= 11 is 0. The second kappa shape index (κ2) is 7.85. The number of aromatic nitrogens is 3. The van der Waals surface area contributed by atoms with E-state index in [4.69, 9.17) is 0 Å². The molecular formula is C22H16N4O3. The van der Waals surface area contributed by atoms with Crippen molar-refractivity contribution in [2.75, 3.05) is 0 Å². The van der Waals surface area contributed by atoms with E-state index in [2.05, 4.69) is 10.2 Å². The summed E-state index contributed by atoms with van der Waals surface area (Å²) in [6.45, 7) is 0.406. The lowest BCUT2D eigenvalue weighted by Gasteiger charge is -2.01. The minimum Gasteiger partial charge on any atom is -0.287 e. The van der Waals surface area contributed by atoms with Gasteiger partial charge in [0.2, 0.25) is 5.78 Å². The Morgan fingerprint density at radius 3 is 2.10 bits per heavy atom. The fourth-order valence-corrected chi connectivity index (χ4v) is 2.98. The number of carbonyl (C=O) groups excluding carboxylic acids is 1. The first kappa shape index (κ1) is 18.2. The van der Waals surface area contributed by atoms with Crippen molar-refractivity contribution in [3.05, 3.63) is 112 Å². The van der Waals surface area contributed by atoms with E-state index in [0.29, 0.717) is 23.4 Å². The zero-order chi connectivity index (χ0) is 20.2. The van der Waals surface area contributed by atoms with Crippen LogP contribution >= 0.6 is 0 Å². The second-order valence-corrected chi connectivity index (χ2v) is 6.41. The molecule has 4 rings (SSSR count). The van der Waals surface area contributed by atoms with Gasteiger partial charge < -0.3 is 0 Å². The molecule has 1 aromatic heterocycles. The normalized spacial score (nSPS) is 10.6. The van der Waals surface area contributed by atoms with Gasteiger partial charge in [-0.2, -0.15) is 9.90 Å². The summed E-state index contributed by atoms with van der Waals surface area (Å²) in [6.07, 6.45) is 0. The monoisotopic (exact) mass is 384 g/mol. The summed E-state index contributed by atoms with van der Waals surface area (Å²) in [5.74, 6) is -0.252. The molecular weight excluding hydrogens is 368 g/mol. The molecule has 7 nitrogen and oxygen atoms in total. The molecule has 7 heteroatoms. The number of carbonyl (C=O) groups is 1. The topological polar surface area (TPSA) is 90.9 Å². The number of nitrogens with zero attached hydrogens (tertiary/aromatic N) is 4. The molecule has 0 aliphatic carbocycles. The molecule has 0 spiro atoms. The molecule has 0 saturated heterocycles.